The Bertz CT molecular complexity index is 1090. The van der Waals surface area contributed by atoms with E-state index < -0.39 is 22.3 Å². The molecule has 0 aromatic heterocycles. The molecular formula is C24H32ClN5O4S. The standard InChI is InChI=1S/C24H32ClN5O4S/c1-27(2)35(32,33)30-23(20-8-10-21(25)11-9-20)22(19-6-4-3-5-7-19)18-29(30)24(31)26-12-13-28-14-16-34-17-15-28/h3-11,22-23H,12-18H2,1-2H3,(H,26,31). The molecule has 2 aromatic carbocycles. The number of urea groups is 1. The third-order valence-corrected chi connectivity index (χ3v) is 8.48. The molecule has 2 unspecified atom stereocenters. The van der Waals surface area contributed by atoms with Crippen molar-refractivity contribution in [2.24, 2.45) is 0 Å². The van der Waals surface area contributed by atoms with E-state index in [9.17, 15) is 13.2 Å². The van der Waals surface area contributed by atoms with Gasteiger partial charge in [0.25, 0.3) is 10.2 Å². The Hall–Kier alpha value is -2.21. The van der Waals surface area contributed by atoms with Crippen LogP contribution in [0.15, 0.2) is 54.6 Å². The van der Waals surface area contributed by atoms with Crippen LogP contribution < -0.4 is 5.32 Å². The molecule has 2 amide bonds. The normalized spacial score (nSPS) is 22.0. The van der Waals surface area contributed by atoms with Crippen molar-refractivity contribution >= 4 is 27.8 Å². The van der Waals surface area contributed by atoms with E-state index in [1.807, 2.05) is 42.5 Å². The van der Waals surface area contributed by atoms with Crippen molar-refractivity contribution in [2.75, 3.05) is 60.0 Å². The van der Waals surface area contributed by atoms with Gasteiger partial charge in [-0.1, -0.05) is 58.5 Å². The van der Waals surface area contributed by atoms with E-state index in [2.05, 4.69) is 10.2 Å². The summed E-state index contributed by atoms with van der Waals surface area (Å²) in [7, 11) is -1.05. The lowest BCUT2D eigenvalue weighted by Crippen LogP contribution is -2.53. The minimum absolute atomic E-state index is 0.216. The second-order valence-corrected chi connectivity index (χ2v) is 11.3. The number of hydrogen-bond acceptors (Lipinski definition) is 5. The molecule has 2 saturated heterocycles. The van der Waals surface area contributed by atoms with Gasteiger partial charge in [0.2, 0.25) is 0 Å². The Morgan fingerprint density at radius 2 is 1.71 bits per heavy atom. The fraction of sp³-hybridized carbons (Fsp3) is 0.458. The third kappa shape index (κ3) is 5.79. The lowest BCUT2D eigenvalue weighted by molar-refractivity contribution is 0.0382. The summed E-state index contributed by atoms with van der Waals surface area (Å²) in [5.41, 5.74) is 1.72. The number of hydrazine groups is 1. The fourth-order valence-electron chi connectivity index (χ4n) is 4.52. The van der Waals surface area contributed by atoms with Gasteiger partial charge in [-0.15, -0.1) is 0 Å². The number of nitrogens with zero attached hydrogens (tertiary/aromatic N) is 4. The lowest BCUT2D eigenvalue weighted by Gasteiger charge is -2.34. The second kappa shape index (κ2) is 11.2. The molecule has 0 saturated carbocycles. The Morgan fingerprint density at radius 1 is 1.06 bits per heavy atom. The van der Waals surface area contributed by atoms with E-state index in [1.54, 1.807) is 12.1 Å². The Balaban J connectivity index is 1.66. The monoisotopic (exact) mass is 521 g/mol. The number of hydrogen-bond donors (Lipinski definition) is 1. The predicted molar refractivity (Wildman–Crippen MR) is 135 cm³/mol. The Labute approximate surface area is 212 Å². The number of ether oxygens (including phenoxy) is 1. The van der Waals surface area contributed by atoms with Crippen LogP contribution in [0.25, 0.3) is 0 Å². The van der Waals surface area contributed by atoms with Crippen LogP contribution >= 0.6 is 11.6 Å². The van der Waals surface area contributed by atoms with E-state index in [4.69, 9.17) is 16.3 Å². The maximum Gasteiger partial charge on any atom is 0.332 e. The van der Waals surface area contributed by atoms with Crippen LogP contribution in [-0.4, -0.2) is 93.1 Å². The highest BCUT2D eigenvalue weighted by Crippen LogP contribution is 2.45. The third-order valence-electron chi connectivity index (χ3n) is 6.41. The molecular weight excluding hydrogens is 490 g/mol. The van der Waals surface area contributed by atoms with Gasteiger partial charge in [0.05, 0.1) is 19.3 Å². The fourth-order valence-corrected chi connectivity index (χ4v) is 5.93. The molecule has 0 spiro atoms. The van der Waals surface area contributed by atoms with Crippen molar-refractivity contribution in [3.05, 3.63) is 70.7 Å². The second-order valence-electron chi connectivity index (χ2n) is 8.84. The van der Waals surface area contributed by atoms with Gasteiger partial charge in [-0.3, -0.25) is 4.90 Å². The first-order valence-corrected chi connectivity index (χ1v) is 13.4. The summed E-state index contributed by atoms with van der Waals surface area (Å²) in [6.45, 7) is 4.28. The van der Waals surface area contributed by atoms with Gasteiger partial charge in [-0.2, -0.15) is 12.7 Å². The maximum atomic E-state index is 13.6. The zero-order valence-corrected chi connectivity index (χ0v) is 21.6. The van der Waals surface area contributed by atoms with Crippen molar-refractivity contribution in [1.82, 2.24) is 23.9 Å². The first-order chi connectivity index (χ1) is 16.8. The first-order valence-electron chi connectivity index (χ1n) is 11.7. The smallest absolute Gasteiger partial charge is 0.332 e. The highest BCUT2D eigenvalue weighted by Gasteiger charge is 2.50. The summed E-state index contributed by atoms with van der Waals surface area (Å²) in [6, 6.07) is 15.8. The lowest BCUT2D eigenvalue weighted by atomic mass is 9.89. The molecule has 0 bridgehead atoms. The number of morpholine rings is 1. The van der Waals surface area contributed by atoms with Crippen LogP contribution in [0.4, 0.5) is 4.79 Å². The molecule has 11 heteroatoms. The molecule has 2 atom stereocenters. The Morgan fingerprint density at radius 3 is 2.34 bits per heavy atom. The van der Waals surface area contributed by atoms with E-state index >= 15 is 0 Å². The highest BCUT2D eigenvalue weighted by molar-refractivity contribution is 7.86. The van der Waals surface area contributed by atoms with Crippen molar-refractivity contribution in [3.63, 3.8) is 0 Å². The van der Waals surface area contributed by atoms with Gasteiger partial charge in [0.15, 0.2) is 0 Å². The summed E-state index contributed by atoms with van der Waals surface area (Å²) < 4.78 is 34.9. The van der Waals surface area contributed by atoms with E-state index in [1.165, 1.54) is 23.5 Å². The van der Waals surface area contributed by atoms with E-state index in [-0.39, 0.29) is 12.5 Å². The molecule has 0 radical (unpaired) electrons. The molecule has 4 rings (SSSR count). The molecule has 2 aliphatic heterocycles. The summed E-state index contributed by atoms with van der Waals surface area (Å²) >= 11 is 6.12. The molecule has 2 fully saturated rings. The van der Waals surface area contributed by atoms with Gasteiger partial charge in [-0.25, -0.2) is 9.80 Å². The minimum atomic E-state index is -3.99. The summed E-state index contributed by atoms with van der Waals surface area (Å²) in [4.78, 5) is 15.6. The molecule has 9 nitrogen and oxygen atoms in total. The SMILES string of the molecule is CN(C)S(=O)(=O)N1C(c2ccc(Cl)cc2)C(c2ccccc2)CN1C(=O)NCCN1CCOCC1. The van der Waals surface area contributed by atoms with Gasteiger partial charge in [0.1, 0.15) is 0 Å². The van der Waals surface area contributed by atoms with Crippen molar-refractivity contribution in [2.45, 2.75) is 12.0 Å². The zero-order chi connectivity index (χ0) is 25.0. The number of amides is 2. The molecule has 35 heavy (non-hydrogen) atoms. The van der Waals surface area contributed by atoms with Crippen LogP contribution in [0.1, 0.15) is 23.1 Å². The highest BCUT2D eigenvalue weighted by atomic mass is 35.5. The van der Waals surface area contributed by atoms with Gasteiger partial charge in [0, 0.05) is 57.8 Å². The summed E-state index contributed by atoms with van der Waals surface area (Å²) in [5.74, 6) is -0.267. The number of nitrogens with one attached hydrogen (secondary N) is 1. The van der Waals surface area contributed by atoms with Gasteiger partial charge < -0.3 is 10.1 Å². The minimum Gasteiger partial charge on any atom is -0.379 e. The molecule has 0 aliphatic carbocycles. The van der Waals surface area contributed by atoms with Crippen LogP contribution in [0.3, 0.4) is 0 Å². The van der Waals surface area contributed by atoms with Crippen LogP contribution in [-0.2, 0) is 14.9 Å². The van der Waals surface area contributed by atoms with E-state index in [0.717, 1.165) is 28.5 Å². The van der Waals surface area contributed by atoms with Crippen molar-refractivity contribution in [1.29, 1.82) is 0 Å². The number of carbonyl (C=O) groups is 1. The number of carbonyl (C=O) groups excluding carboxylic acids is 1. The summed E-state index contributed by atoms with van der Waals surface area (Å²) in [6.07, 6.45) is 0. The molecule has 2 heterocycles. The zero-order valence-electron chi connectivity index (χ0n) is 20.0. The summed E-state index contributed by atoms with van der Waals surface area (Å²) in [5, 5.41) is 4.81. The molecule has 190 valence electrons. The topological polar surface area (TPSA) is 85.4 Å². The molecule has 2 aliphatic rings. The number of rotatable bonds is 7. The van der Waals surface area contributed by atoms with Gasteiger partial charge >= 0.3 is 6.03 Å². The first kappa shape index (κ1) is 25.9. The predicted octanol–water partition coefficient (Wildman–Crippen LogP) is 2.55. The van der Waals surface area contributed by atoms with Gasteiger partial charge in [-0.05, 0) is 23.3 Å². The maximum absolute atomic E-state index is 13.6. The average molecular weight is 522 g/mol. The van der Waals surface area contributed by atoms with Crippen LogP contribution in [0.2, 0.25) is 5.02 Å². The number of benzene rings is 2. The van der Waals surface area contributed by atoms with Crippen molar-refractivity contribution < 1.29 is 17.9 Å². The van der Waals surface area contributed by atoms with Crippen molar-refractivity contribution in [3.8, 4) is 0 Å². The quantitative estimate of drug-likeness (QED) is 0.605. The largest absolute Gasteiger partial charge is 0.379 e. The molecule has 2 aromatic rings. The van der Waals surface area contributed by atoms with E-state index in [0.29, 0.717) is 31.3 Å². The average Bonchev–Trinajstić information content (AvgIpc) is 3.27. The number of halogens is 1. The van der Waals surface area contributed by atoms with Crippen LogP contribution in [0, 0.1) is 0 Å². The Kier molecular flexibility index (Phi) is 8.31. The van der Waals surface area contributed by atoms with Crippen LogP contribution in [0.5, 0.6) is 0 Å². The molecule has 1 N–H and O–H groups in total.